The number of ketones is 1. The first kappa shape index (κ1) is 18.7. The molecule has 146 valence electrons. The molecule has 1 saturated heterocycles. The van der Waals surface area contributed by atoms with Crippen LogP contribution in [0, 0.1) is 12.7 Å². The van der Waals surface area contributed by atoms with Crippen LogP contribution in [0.1, 0.15) is 28.5 Å². The number of amides is 1. The number of carbonyl (C=O) groups is 2. The Balaban J connectivity index is 1.86. The Labute approximate surface area is 166 Å². The van der Waals surface area contributed by atoms with E-state index in [9.17, 15) is 19.1 Å². The first-order valence-corrected chi connectivity index (χ1v) is 9.09. The first-order valence-electron chi connectivity index (χ1n) is 9.09. The summed E-state index contributed by atoms with van der Waals surface area (Å²) in [6, 6.07) is 15.1. The number of hydrogen-bond donors (Lipinski definition) is 1. The van der Waals surface area contributed by atoms with Crippen molar-refractivity contribution < 1.29 is 23.5 Å². The molecule has 2 heterocycles. The van der Waals surface area contributed by atoms with Crippen LogP contribution in [0.25, 0.3) is 5.76 Å². The topological polar surface area (TPSA) is 70.8 Å². The smallest absolute Gasteiger partial charge is 0.296 e. The molecule has 3 aromatic rings. The highest BCUT2D eigenvalue weighted by atomic mass is 19.1. The van der Waals surface area contributed by atoms with Gasteiger partial charge in [-0.25, -0.2) is 4.39 Å². The van der Waals surface area contributed by atoms with Crippen molar-refractivity contribution in [3.63, 3.8) is 0 Å². The third kappa shape index (κ3) is 3.45. The quantitative estimate of drug-likeness (QED) is 0.408. The fraction of sp³-hybridized carbons (Fsp3) is 0.130. The van der Waals surface area contributed by atoms with Gasteiger partial charge in [0.15, 0.2) is 0 Å². The summed E-state index contributed by atoms with van der Waals surface area (Å²) in [5.74, 6) is -1.80. The van der Waals surface area contributed by atoms with E-state index in [1.165, 1.54) is 35.4 Å². The zero-order valence-corrected chi connectivity index (χ0v) is 15.6. The molecular formula is C23H18FNO4. The molecule has 1 aliphatic heterocycles. The summed E-state index contributed by atoms with van der Waals surface area (Å²) >= 11 is 0. The van der Waals surface area contributed by atoms with Gasteiger partial charge in [-0.3, -0.25) is 9.59 Å². The second kappa shape index (κ2) is 7.39. The lowest BCUT2D eigenvalue weighted by Crippen LogP contribution is -2.29. The highest BCUT2D eigenvalue weighted by molar-refractivity contribution is 6.46. The standard InChI is InChI=1S/C23H18FNO4/c1-14-4-6-15(7-5-14)20-19(21(26)16-8-10-17(24)11-9-16)22(27)23(28)25(20)13-18-3-2-12-29-18/h2-12,20,26H,13H2,1H3. The molecule has 0 bridgehead atoms. The highest BCUT2D eigenvalue weighted by Crippen LogP contribution is 2.40. The Morgan fingerprint density at radius 2 is 1.76 bits per heavy atom. The predicted octanol–water partition coefficient (Wildman–Crippen LogP) is 4.35. The van der Waals surface area contributed by atoms with Crippen LogP contribution in [-0.4, -0.2) is 21.7 Å². The van der Waals surface area contributed by atoms with Gasteiger partial charge >= 0.3 is 0 Å². The van der Waals surface area contributed by atoms with Crippen LogP contribution < -0.4 is 0 Å². The second-order valence-corrected chi connectivity index (χ2v) is 6.92. The van der Waals surface area contributed by atoms with E-state index in [2.05, 4.69) is 0 Å². The van der Waals surface area contributed by atoms with Crippen molar-refractivity contribution in [2.45, 2.75) is 19.5 Å². The maximum Gasteiger partial charge on any atom is 0.296 e. The molecule has 0 saturated carbocycles. The Morgan fingerprint density at radius 3 is 2.38 bits per heavy atom. The van der Waals surface area contributed by atoms with Crippen LogP contribution in [0.2, 0.25) is 0 Å². The number of aliphatic hydroxyl groups excluding tert-OH is 1. The number of benzene rings is 2. The molecule has 2 aromatic carbocycles. The van der Waals surface area contributed by atoms with Gasteiger partial charge in [0.1, 0.15) is 17.3 Å². The van der Waals surface area contributed by atoms with Gasteiger partial charge in [0.2, 0.25) is 0 Å². The van der Waals surface area contributed by atoms with Gasteiger partial charge in [-0.05, 0) is 48.9 Å². The lowest BCUT2D eigenvalue weighted by molar-refractivity contribution is -0.140. The van der Waals surface area contributed by atoms with Crippen LogP contribution in [0.3, 0.4) is 0 Å². The van der Waals surface area contributed by atoms with E-state index in [1.54, 1.807) is 12.1 Å². The lowest BCUT2D eigenvalue weighted by Gasteiger charge is -2.24. The number of likely N-dealkylation sites (tertiary alicyclic amines) is 1. The largest absolute Gasteiger partial charge is 0.507 e. The lowest BCUT2D eigenvalue weighted by atomic mass is 9.94. The molecule has 0 aliphatic carbocycles. The van der Waals surface area contributed by atoms with Crippen LogP contribution in [0.5, 0.6) is 0 Å². The maximum absolute atomic E-state index is 13.3. The van der Waals surface area contributed by atoms with E-state index >= 15 is 0 Å². The third-order valence-electron chi connectivity index (χ3n) is 4.96. The average molecular weight is 391 g/mol. The molecule has 1 atom stereocenters. The number of halogens is 1. The van der Waals surface area contributed by atoms with Gasteiger partial charge in [0, 0.05) is 5.56 Å². The van der Waals surface area contributed by atoms with Gasteiger partial charge < -0.3 is 14.4 Å². The fourth-order valence-electron chi connectivity index (χ4n) is 3.47. The van der Waals surface area contributed by atoms with Crippen LogP contribution >= 0.6 is 0 Å². The average Bonchev–Trinajstić information content (AvgIpc) is 3.31. The number of carbonyl (C=O) groups excluding carboxylic acids is 2. The van der Waals surface area contributed by atoms with Crippen molar-refractivity contribution in [2.24, 2.45) is 0 Å². The van der Waals surface area contributed by atoms with Crippen LogP contribution in [0.15, 0.2) is 76.9 Å². The van der Waals surface area contributed by atoms with E-state index in [4.69, 9.17) is 4.42 Å². The van der Waals surface area contributed by atoms with Gasteiger partial charge in [-0.15, -0.1) is 0 Å². The summed E-state index contributed by atoms with van der Waals surface area (Å²) in [5, 5.41) is 10.9. The first-order chi connectivity index (χ1) is 14.0. The Kier molecular flexibility index (Phi) is 4.76. The Hall–Kier alpha value is -3.67. The Morgan fingerprint density at radius 1 is 1.07 bits per heavy atom. The number of aliphatic hydroxyl groups is 1. The Bertz CT molecular complexity index is 1080. The molecule has 5 nitrogen and oxygen atoms in total. The van der Waals surface area contributed by atoms with E-state index < -0.39 is 23.5 Å². The third-order valence-corrected chi connectivity index (χ3v) is 4.96. The van der Waals surface area contributed by atoms with Crippen LogP contribution in [-0.2, 0) is 16.1 Å². The van der Waals surface area contributed by atoms with Crippen LogP contribution in [0.4, 0.5) is 4.39 Å². The van der Waals surface area contributed by atoms with Gasteiger partial charge in [-0.2, -0.15) is 0 Å². The zero-order chi connectivity index (χ0) is 20.5. The number of hydrogen-bond acceptors (Lipinski definition) is 4. The molecule has 0 radical (unpaired) electrons. The minimum absolute atomic E-state index is 0.0305. The second-order valence-electron chi connectivity index (χ2n) is 6.92. The molecule has 1 aromatic heterocycles. The summed E-state index contributed by atoms with van der Waals surface area (Å²) in [5.41, 5.74) is 1.94. The summed E-state index contributed by atoms with van der Waals surface area (Å²) in [6.45, 7) is 2.01. The van der Waals surface area contributed by atoms with Crippen molar-refractivity contribution in [1.29, 1.82) is 0 Å². The highest BCUT2D eigenvalue weighted by Gasteiger charge is 2.46. The molecule has 0 spiro atoms. The number of aryl methyl sites for hydroxylation is 1. The summed E-state index contributed by atoms with van der Waals surface area (Å²) < 4.78 is 18.6. The molecule has 4 rings (SSSR count). The summed E-state index contributed by atoms with van der Waals surface area (Å²) in [7, 11) is 0. The van der Waals surface area contributed by atoms with Gasteiger partial charge in [-0.1, -0.05) is 29.8 Å². The SMILES string of the molecule is Cc1ccc(C2C(=C(O)c3ccc(F)cc3)C(=O)C(=O)N2Cc2ccco2)cc1. The van der Waals surface area contributed by atoms with Crippen molar-refractivity contribution in [3.8, 4) is 0 Å². The molecule has 1 N–H and O–H groups in total. The maximum atomic E-state index is 13.3. The van der Waals surface area contributed by atoms with Gasteiger partial charge in [0.25, 0.3) is 11.7 Å². The number of rotatable bonds is 4. The predicted molar refractivity (Wildman–Crippen MR) is 104 cm³/mol. The minimum atomic E-state index is -0.788. The van der Waals surface area contributed by atoms with Gasteiger partial charge in [0.05, 0.1) is 24.4 Å². The molecule has 1 fully saturated rings. The molecule has 1 aliphatic rings. The monoisotopic (exact) mass is 391 g/mol. The number of Topliss-reactive ketones (excluding diaryl/α,β-unsaturated/α-hetero) is 1. The molecule has 29 heavy (non-hydrogen) atoms. The van der Waals surface area contributed by atoms with Crippen molar-refractivity contribution >= 4 is 17.4 Å². The van der Waals surface area contributed by atoms with E-state index in [-0.39, 0.29) is 23.4 Å². The molecular weight excluding hydrogens is 373 g/mol. The number of furan rings is 1. The van der Waals surface area contributed by atoms with E-state index in [1.807, 2.05) is 31.2 Å². The minimum Gasteiger partial charge on any atom is -0.507 e. The zero-order valence-electron chi connectivity index (χ0n) is 15.6. The summed E-state index contributed by atoms with van der Waals surface area (Å²) in [4.78, 5) is 27.1. The normalized spacial score (nSPS) is 18.4. The number of nitrogens with zero attached hydrogens (tertiary/aromatic N) is 1. The molecule has 6 heteroatoms. The van der Waals surface area contributed by atoms with E-state index in [0.717, 1.165) is 5.56 Å². The van der Waals surface area contributed by atoms with E-state index in [0.29, 0.717) is 11.3 Å². The summed E-state index contributed by atoms with van der Waals surface area (Å²) in [6.07, 6.45) is 1.49. The fourth-order valence-corrected chi connectivity index (χ4v) is 3.47. The van der Waals surface area contributed by atoms with Crippen molar-refractivity contribution in [3.05, 3.63) is 101 Å². The van der Waals surface area contributed by atoms with Crippen molar-refractivity contribution in [2.75, 3.05) is 0 Å². The van der Waals surface area contributed by atoms with Crippen molar-refractivity contribution in [1.82, 2.24) is 4.90 Å². The molecule has 1 amide bonds. The molecule has 1 unspecified atom stereocenters.